The molecule has 0 heterocycles. The molecule has 1 aromatic rings. The SMILES string of the molecule is O=S(=O)(O)OCC(NS(=O)(=O)c1ccc(Cl)cc1)C(C(F)(F)F)C(F)(F)F. The van der Waals surface area contributed by atoms with E-state index < -0.39 is 56.2 Å². The van der Waals surface area contributed by atoms with E-state index >= 15 is 0 Å². The van der Waals surface area contributed by atoms with Gasteiger partial charge >= 0.3 is 22.8 Å². The first-order valence-electron chi connectivity index (χ1n) is 6.46. The Hall–Kier alpha value is -1.13. The number of halogens is 7. The zero-order valence-corrected chi connectivity index (χ0v) is 15.0. The molecule has 0 saturated carbocycles. The third-order valence-electron chi connectivity index (χ3n) is 2.93. The average Bonchev–Trinajstić information content (AvgIpc) is 2.41. The maximum atomic E-state index is 12.9. The summed E-state index contributed by atoms with van der Waals surface area (Å²) < 4.78 is 135. The van der Waals surface area contributed by atoms with Gasteiger partial charge in [-0.3, -0.25) is 4.55 Å². The number of alkyl halides is 6. The van der Waals surface area contributed by atoms with E-state index in [1.54, 1.807) is 0 Å². The van der Waals surface area contributed by atoms with E-state index in [9.17, 15) is 43.2 Å². The third kappa shape index (κ3) is 7.42. The van der Waals surface area contributed by atoms with E-state index in [4.69, 9.17) is 16.2 Å². The van der Waals surface area contributed by atoms with Gasteiger partial charge in [0, 0.05) is 5.02 Å². The van der Waals surface area contributed by atoms with Crippen molar-refractivity contribution < 1.29 is 51.9 Å². The molecule has 1 atom stereocenters. The van der Waals surface area contributed by atoms with Crippen molar-refractivity contribution in [2.75, 3.05) is 6.61 Å². The minimum Gasteiger partial charge on any atom is -0.264 e. The summed E-state index contributed by atoms with van der Waals surface area (Å²) in [6.07, 6.45) is -12.0. The number of hydrogen-bond acceptors (Lipinski definition) is 5. The maximum absolute atomic E-state index is 12.9. The molecule has 0 aromatic heterocycles. The van der Waals surface area contributed by atoms with E-state index in [0.717, 1.165) is 29.0 Å². The maximum Gasteiger partial charge on any atom is 0.402 e. The third-order valence-corrected chi connectivity index (χ3v) is 5.13. The summed E-state index contributed by atoms with van der Waals surface area (Å²) >= 11 is 5.51. The summed E-state index contributed by atoms with van der Waals surface area (Å²) in [6, 6.07) is 0.436. The van der Waals surface area contributed by atoms with Gasteiger partial charge in [-0.2, -0.15) is 34.8 Å². The van der Waals surface area contributed by atoms with Crippen molar-refractivity contribution >= 4 is 32.0 Å². The molecule has 0 aliphatic heterocycles. The second-order valence-corrected chi connectivity index (χ2v) is 8.20. The topological polar surface area (TPSA) is 110 Å². The van der Waals surface area contributed by atoms with Gasteiger partial charge in [0.1, 0.15) is 0 Å². The van der Waals surface area contributed by atoms with Crippen LogP contribution in [0.1, 0.15) is 0 Å². The summed E-state index contributed by atoms with van der Waals surface area (Å²) in [5, 5.41) is 0.0312. The molecule has 16 heteroatoms. The number of sulfonamides is 1. The van der Waals surface area contributed by atoms with Gasteiger partial charge < -0.3 is 0 Å². The standard InChI is InChI=1S/C11H10ClF6NO6S2/c12-6-1-3-7(4-2-6)26(20,21)19-8(5-25-27(22,23)24)9(10(13,14)15)11(16,17)18/h1-4,8-9,19H,5H2,(H,22,23,24). The molecule has 1 aromatic carbocycles. The van der Waals surface area contributed by atoms with Crippen LogP contribution in [0, 0.1) is 5.92 Å². The Bertz CT molecular complexity index is 839. The Morgan fingerprint density at radius 1 is 1.00 bits per heavy atom. The average molecular weight is 466 g/mol. The minimum absolute atomic E-state index is 0.0312. The van der Waals surface area contributed by atoms with Crippen LogP contribution < -0.4 is 4.72 Å². The molecule has 0 bridgehead atoms. The van der Waals surface area contributed by atoms with Crippen LogP contribution in [-0.2, 0) is 24.6 Å². The first-order chi connectivity index (χ1) is 11.9. The highest BCUT2D eigenvalue weighted by molar-refractivity contribution is 7.89. The van der Waals surface area contributed by atoms with Gasteiger partial charge in [-0.1, -0.05) is 11.6 Å². The van der Waals surface area contributed by atoms with E-state index in [-0.39, 0.29) is 5.02 Å². The summed E-state index contributed by atoms with van der Waals surface area (Å²) in [7, 11) is -10.4. The highest BCUT2D eigenvalue weighted by atomic mass is 35.5. The number of hydrogen-bond donors (Lipinski definition) is 2. The van der Waals surface area contributed by atoms with Crippen LogP contribution in [0.5, 0.6) is 0 Å². The van der Waals surface area contributed by atoms with Crippen molar-refractivity contribution in [3.63, 3.8) is 0 Å². The van der Waals surface area contributed by atoms with Crippen molar-refractivity contribution in [2.24, 2.45) is 5.92 Å². The van der Waals surface area contributed by atoms with Crippen molar-refractivity contribution in [3.05, 3.63) is 29.3 Å². The van der Waals surface area contributed by atoms with Crippen LogP contribution in [0.25, 0.3) is 0 Å². The molecule has 0 radical (unpaired) electrons. The Labute approximate surface area is 154 Å². The lowest BCUT2D eigenvalue weighted by molar-refractivity contribution is -0.291. The molecule has 2 N–H and O–H groups in total. The van der Waals surface area contributed by atoms with Crippen molar-refractivity contribution in [1.29, 1.82) is 0 Å². The van der Waals surface area contributed by atoms with Gasteiger partial charge in [-0.05, 0) is 24.3 Å². The number of rotatable bonds is 7. The van der Waals surface area contributed by atoms with E-state index in [2.05, 4.69) is 4.18 Å². The van der Waals surface area contributed by atoms with Crippen LogP contribution in [0.3, 0.4) is 0 Å². The van der Waals surface area contributed by atoms with Gasteiger partial charge in [0.25, 0.3) is 0 Å². The highest BCUT2D eigenvalue weighted by Gasteiger charge is 2.61. The molecule has 27 heavy (non-hydrogen) atoms. The Balaban J connectivity index is 3.34. The molecule has 0 fully saturated rings. The lowest BCUT2D eigenvalue weighted by Gasteiger charge is -2.30. The summed E-state index contributed by atoms with van der Waals surface area (Å²) in [4.78, 5) is -0.744. The quantitative estimate of drug-likeness (QED) is 0.473. The minimum atomic E-state index is -6.02. The molecule has 1 unspecified atom stereocenters. The fraction of sp³-hybridized carbons (Fsp3) is 0.455. The lowest BCUT2D eigenvalue weighted by Crippen LogP contribution is -2.54. The van der Waals surface area contributed by atoms with Gasteiger partial charge in [-0.25, -0.2) is 17.3 Å². The fourth-order valence-electron chi connectivity index (χ4n) is 1.88. The second kappa shape index (κ2) is 8.08. The van der Waals surface area contributed by atoms with E-state index in [1.807, 2.05) is 0 Å². The molecular weight excluding hydrogens is 456 g/mol. The summed E-state index contributed by atoms with van der Waals surface area (Å²) in [5.74, 6) is -4.33. The smallest absolute Gasteiger partial charge is 0.264 e. The molecule has 7 nitrogen and oxygen atoms in total. The predicted octanol–water partition coefficient (Wildman–Crippen LogP) is 2.55. The van der Waals surface area contributed by atoms with Crippen LogP contribution in [0.4, 0.5) is 26.3 Å². The Morgan fingerprint density at radius 3 is 1.81 bits per heavy atom. The number of nitrogens with one attached hydrogen (secondary N) is 1. The first kappa shape index (κ1) is 23.9. The monoisotopic (exact) mass is 465 g/mol. The Kier molecular flexibility index (Phi) is 7.16. The van der Waals surface area contributed by atoms with Crippen molar-refractivity contribution in [3.8, 4) is 0 Å². The van der Waals surface area contributed by atoms with Crippen LogP contribution in [-0.4, -0.2) is 46.4 Å². The fourth-order valence-corrected chi connectivity index (χ4v) is 3.56. The molecule has 156 valence electrons. The summed E-state index contributed by atoms with van der Waals surface area (Å²) in [6.45, 7) is -1.98. The highest BCUT2D eigenvalue weighted by Crippen LogP contribution is 2.42. The lowest BCUT2D eigenvalue weighted by atomic mass is 10.00. The van der Waals surface area contributed by atoms with Crippen molar-refractivity contribution in [2.45, 2.75) is 23.3 Å². The van der Waals surface area contributed by atoms with Gasteiger partial charge in [-0.15, -0.1) is 0 Å². The van der Waals surface area contributed by atoms with Crippen LogP contribution >= 0.6 is 11.6 Å². The first-order valence-corrected chi connectivity index (χ1v) is 9.69. The molecule has 0 aliphatic carbocycles. The van der Waals surface area contributed by atoms with Crippen molar-refractivity contribution in [1.82, 2.24) is 4.72 Å². The second-order valence-electron chi connectivity index (χ2n) is 4.95. The largest absolute Gasteiger partial charge is 0.402 e. The van der Waals surface area contributed by atoms with Gasteiger partial charge in [0.15, 0.2) is 5.92 Å². The molecule has 0 aliphatic rings. The predicted molar refractivity (Wildman–Crippen MR) is 78.7 cm³/mol. The zero-order valence-electron chi connectivity index (χ0n) is 12.6. The van der Waals surface area contributed by atoms with Crippen LogP contribution in [0.2, 0.25) is 5.02 Å². The van der Waals surface area contributed by atoms with E-state index in [1.165, 1.54) is 0 Å². The van der Waals surface area contributed by atoms with Gasteiger partial charge in [0.2, 0.25) is 10.0 Å². The molecular formula is C11H10ClF6NO6S2. The zero-order chi connectivity index (χ0) is 21.3. The number of benzene rings is 1. The van der Waals surface area contributed by atoms with E-state index in [0.29, 0.717) is 0 Å². The van der Waals surface area contributed by atoms with Gasteiger partial charge in [0.05, 0.1) is 17.5 Å². The molecule has 0 saturated heterocycles. The molecule has 0 amide bonds. The normalized spacial score (nSPS) is 15.1. The molecule has 1 rings (SSSR count). The summed E-state index contributed by atoms with van der Waals surface area (Å²) in [5.41, 5.74) is 0. The Morgan fingerprint density at radius 2 is 1.44 bits per heavy atom. The van der Waals surface area contributed by atoms with Crippen LogP contribution in [0.15, 0.2) is 29.2 Å². The molecule has 0 spiro atoms.